The molecule has 0 amide bonds. The SMILES string of the molecule is FC(F)c1[c]cnn1C(c1ccccc1)c1c[nH]nn1. The number of nitrogens with one attached hydrogen (secondary N) is 1. The molecule has 0 spiro atoms. The van der Waals surface area contributed by atoms with Gasteiger partial charge in [0.15, 0.2) is 0 Å². The van der Waals surface area contributed by atoms with E-state index >= 15 is 0 Å². The van der Waals surface area contributed by atoms with Crippen molar-refractivity contribution in [2.45, 2.75) is 12.5 Å². The minimum absolute atomic E-state index is 0.276. The van der Waals surface area contributed by atoms with Crippen molar-refractivity contribution in [1.82, 2.24) is 25.2 Å². The van der Waals surface area contributed by atoms with Gasteiger partial charge in [0.05, 0.1) is 6.20 Å². The molecule has 2 aromatic heterocycles. The molecule has 0 aliphatic rings. The third-order valence-electron chi connectivity index (χ3n) is 2.92. The summed E-state index contributed by atoms with van der Waals surface area (Å²) in [7, 11) is 0. The normalized spacial score (nSPS) is 12.8. The smallest absolute Gasteiger partial charge is 0.265 e. The summed E-state index contributed by atoms with van der Waals surface area (Å²) < 4.78 is 27.3. The molecule has 1 N–H and O–H groups in total. The van der Waals surface area contributed by atoms with E-state index in [9.17, 15) is 8.78 Å². The van der Waals surface area contributed by atoms with Gasteiger partial charge in [0.25, 0.3) is 6.43 Å². The van der Waals surface area contributed by atoms with Crippen LogP contribution in [0.2, 0.25) is 0 Å². The van der Waals surface area contributed by atoms with Crippen LogP contribution < -0.4 is 0 Å². The molecule has 1 aromatic carbocycles. The minimum atomic E-state index is -2.66. The molecule has 7 heteroatoms. The number of rotatable bonds is 4. The molecule has 3 aromatic rings. The number of aromatic amines is 1. The number of nitrogens with zero attached hydrogens (tertiary/aromatic N) is 4. The summed E-state index contributed by atoms with van der Waals surface area (Å²) in [6.07, 6.45) is 0.141. The fourth-order valence-electron chi connectivity index (χ4n) is 2.07. The second kappa shape index (κ2) is 5.20. The Balaban J connectivity index is 2.14. The first-order chi connectivity index (χ1) is 9.77. The van der Waals surface area contributed by atoms with Crippen LogP contribution in [0, 0.1) is 6.07 Å². The zero-order valence-corrected chi connectivity index (χ0v) is 10.2. The fraction of sp³-hybridized carbons (Fsp3) is 0.154. The average molecular weight is 274 g/mol. The molecule has 0 aliphatic carbocycles. The lowest BCUT2D eigenvalue weighted by Gasteiger charge is -2.18. The van der Waals surface area contributed by atoms with E-state index in [1.807, 2.05) is 30.3 Å². The molecule has 3 rings (SSSR count). The van der Waals surface area contributed by atoms with Crippen LogP contribution in [0.5, 0.6) is 0 Å². The summed E-state index contributed by atoms with van der Waals surface area (Å²) in [5.41, 5.74) is 1.03. The number of H-pyrrole nitrogens is 1. The first-order valence-corrected chi connectivity index (χ1v) is 5.92. The Morgan fingerprint density at radius 3 is 2.65 bits per heavy atom. The Kier molecular flexibility index (Phi) is 3.24. The van der Waals surface area contributed by atoms with Gasteiger partial charge in [0, 0.05) is 12.3 Å². The van der Waals surface area contributed by atoms with Crippen molar-refractivity contribution in [3.63, 3.8) is 0 Å². The van der Waals surface area contributed by atoms with E-state index < -0.39 is 12.5 Å². The van der Waals surface area contributed by atoms with E-state index in [1.165, 1.54) is 10.9 Å². The standard InChI is InChI=1S/C13H10F2N5/c14-13(15)11-6-7-17-20(11)12(10-8-16-19-18-10)9-4-2-1-3-5-9/h1-5,7-8,12-13H,(H,16,18,19). The van der Waals surface area contributed by atoms with Gasteiger partial charge in [-0.15, -0.1) is 5.10 Å². The second-order valence-corrected chi connectivity index (χ2v) is 4.13. The van der Waals surface area contributed by atoms with Crippen molar-refractivity contribution in [2.24, 2.45) is 0 Å². The molecule has 0 saturated heterocycles. The zero-order valence-electron chi connectivity index (χ0n) is 10.2. The fourth-order valence-corrected chi connectivity index (χ4v) is 2.07. The molecular weight excluding hydrogens is 264 g/mol. The summed E-state index contributed by atoms with van der Waals surface area (Å²) in [6, 6.07) is 11.1. The number of aromatic nitrogens is 5. The van der Waals surface area contributed by atoms with Gasteiger partial charge in [-0.25, -0.2) is 13.5 Å². The van der Waals surface area contributed by atoms with E-state index in [0.717, 1.165) is 5.56 Å². The summed E-state index contributed by atoms with van der Waals surface area (Å²) in [4.78, 5) is 0. The molecule has 20 heavy (non-hydrogen) atoms. The molecule has 0 fully saturated rings. The predicted molar refractivity (Wildman–Crippen MR) is 66.1 cm³/mol. The Morgan fingerprint density at radius 1 is 1.20 bits per heavy atom. The number of benzene rings is 1. The topological polar surface area (TPSA) is 59.4 Å². The molecular formula is C13H10F2N5. The van der Waals surface area contributed by atoms with Gasteiger partial charge < -0.3 is 0 Å². The first kappa shape index (κ1) is 12.5. The highest BCUT2D eigenvalue weighted by Gasteiger charge is 2.25. The van der Waals surface area contributed by atoms with Crippen LogP contribution in [-0.2, 0) is 0 Å². The van der Waals surface area contributed by atoms with Crippen LogP contribution in [0.4, 0.5) is 8.78 Å². The van der Waals surface area contributed by atoms with Gasteiger partial charge in [-0.05, 0) is 5.56 Å². The molecule has 2 heterocycles. The number of hydrogen-bond acceptors (Lipinski definition) is 3. The molecule has 0 saturated carbocycles. The number of hydrogen-bond donors (Lipinski definition) is 1. The van der Waals surface area contributed by atoms with Gasteiger partial charge in [-0.3, -0.25) is 5.10 Å². The summed E-state index contributed by atoms with van der Waals surface area (Å²) in [6.45, 7) is 0. The van der Waals surface area contributed by atoms with Crippen molar-refractivity contribution in [1.29, 1.82) is 0 Å². The summed E-state index contributed by atoms with van der Waals surface area (Å²) >= 11 is 0. The highest BCUT2D eigenvalue weighted by atomic mass is 19.3. The van der Waals surface area contributed by atoms with Crippen LogP contribution in [0.15, 0.2) is 42.7 Å². The Hall–Kier alpha value is -2.57. The van der Waals surface area contributed by atoms with Crippen LogP contribution >= 0.6 is 0 Å². The van der Waals surface area contributed by atoms with E-state index in [4.69, 9.17) is 0 Å². The van der Waals surface area contributed by atoms with Gasteiger partial charge in [0.2, 0.25) is 0 Å². The Morgan fingerprint density at radius 2 is 2.00 bits per heavy atom. The van der Waals surface area contributed by atoms with Crippen molar-refractivity contribution in [3.8, 4) is 0 Å². The average Bonchev–Trinajstić information content (AvgIpc) is 3.12. The minimum Gasteiger partial charge on any atom is -0.265 e. The maximum Gasteiger partial charge on any atom is 0.280 e. The molecule has 1 unspecified atom stereocenters. The van der Waals surface area contributed by atoms with E-state index in [-0.39, 0.29) is 5.69 Å². The van der Waals surface area contributed by atoms with Crippen molar-refractivity contribution in [2.75, 3.05) is 0 Å². The lowest BCUT2D eigenvalue weighted by Crippen LogP contribution is -2.17. The van der Waals surface area contributed by atoms with E-state index in [0.29, 0.717) is 5.69 Å². The largest absolute Gasteiger partial charge is 0.280 e. The molecule has 1 radical (unpaired) electrons. The maximum absolute atomic E-state index is 13.0. The highest BCUT2D eigenvalue weighted by Crippen LogP contribution is 2.28. The van der Waals surface area contributed by atoms with Crippen molar-refractivity contribution < 1.29 is 8.78 Å². The van der Waals surface area contributed by atoms with Gasteiger partial charge in [-0.2, -0.15) is 5.10 Å². The summed E-state index contributed by atoms with van der Waals surface area (Å²) in [5.74, 6) is 0. The maximum atomic E-state index is 13.0. The van der Waals surface area contributed by atoms with E-state index in [1.54, 1.807) is 6.20 Å². The lowest BCUT2D eigenvalue weighted by atomic mass is 10.0. The van der Waals surface area contributed by atoms with E-state index in [2.05, 4.69) is 26.6 Å². The lowest BCUT2D eigenvalue weighted by molar-refractivity contribution is 0.138. The third kappa shape index (κ3) is 2.18. The molecule has 0 aliphatic heterocycles. The van der Waals surface area contributed by atoms with Gasteiger partial charge >= 0.3 is 0 Å². The van der Waals surface area contributed by atoms with Gasteiger partial charge in [-0.1, -0.05) is 35.5 Å². The highest BCUT2D eigenvalue weighted by molar-refractivity contribution is 5.28. The number of alkyl halides is 2. The van der Waals surface area contributed by atoms with Crippen LogP contribution in [-0.4, -0.2) is 25.2 Å². The molecule has 101 valence electrons. The molecule has 1 atom stereocenters. The van der Waals surface area contributed by atoms with Crippen molar-refractivity contribution >= 4 is 0 Å². The molecule has 5 nitrogen and oxygen atoms in total. The quantitative estimate of drug-likeness (QED) is 0.794. The van der Waals surface area contributed by atoms with Crippen LogP contribution in [0.1, 0.15) is 29.4 Å². The summed E-state index contributed by atoms with van der Waals surface area (Å²) in [5, 5.41) is 14.1. The Bertz CT molecular complexity index is 663. The van der Waals surface area contributed by atoms with Crippen LogP contribution in [0.3, 0.4) is 0 Å². The second-order valence-electron chi connectivity index (χ2n) is 4.13. The first-order valence-electron chi connectivity index (χ1n) is 5.92. The Labute approximate surface area is 113 Å². The zero-order chi connectivity index (χ0) is 13.9. The van der Waals surface area contributed by atoms with Crippen LogP contribution in [0.25, 0.3) is 0 Å². The monoisotopic (exact) mass is 274 g/mol. The number of halogens is 2. The molecule has 0 bridgehead atoms. The predicted octanol–water partition coefficient (Wildman–Crippen LogP) is 2.38. The van der Waals surface area contributed by atoms with Crippen molar-refractivity contribution in [3.05, 3.63) is 65.7 Å². The third-order valence-corrected chi connectivity index (χ3v) is 2.92. The van der Waals surface area contributed by atoms with Gasteiger partial charge in [0.1, 0.15) is 17.4 Å².